The van der Waals surface area contributed by atoms with E-state index < -0.39 is 17.6 Å². The average Bonchev–Trinajstić information content (AvgIpc) is 2.38. The molecule has 1 aliphatic heterocycles. The van der Waals surface area contributed by atoms with E-state index in [1.165, 1.54) is 0 Å². The molecule has 2 rings (SSSR count). The summed E-state index contributed by atoms with van der Waals surface area (Å²) in [5.74, 6) is -0.662. The zero-order valence-electron chi connectivity index (χ0n) is 10.3. The molecule has 0 radical (unpaired) electrons. The molecule has 1 fully saturated rings. The van der Waals surface area contributed by atoms with Gasteiger partial charge in [0.05, 0.1) is 5.56 Å². The number of rotatable bonds is 2. The predicted octanol–water partition coefficient (Wildman–Crippen LogP) is 2.66. The van der Waals surface area contributed by atoms with Gasteiger partial charge in [0.15, 0.2) is 0 Å². The van der Waals surface area contributed by atoms with E-state index in [1.54, 1.807) is 0 Å². The summed E-state index contributed by atoms with van der Waals surface area (Å²) in [5.41, 5.74) is -1.33. The molecular weight excluding hydrogens is 297 g/mol. The van der Waals surface area contributed by atoms with Crippen molar-refractivity contribution >= 4 is 17.5 Å². The van der Waals surface area contributed by atoms with Gasteiger partial charge < -0.3 is 10.1 Å². The molecule has 20 heavy (non-hydrogen) atoms. The minimum Gasteiger partial charge on any atom is -0.381 e. The van der Waals surface area contributed by atoms with E-state index >= 15 is 0 Å². The summed E-state index contributed by atoms with van der Waals surface area (Å²) in [5, 5.41) is 2.27. The van der Waals surface area contributed by atoms with Crippen LogP contribution in [0.25, 0.3) is 0 Å². The smallest absolute Gasteiger partial charge is 0.381 e. The predicted molar refractivity (Wildman–Crippen MR) is 65.6 cm³/mol. The van der Waals surface area contributed by atoms with Gasteiger partial charge in [0.2, 0.25) is 0 Å². The van der Waals surface area contributed by atoms with Crippen molar-refractivity contribution in [1.82, 2.24) is 10.3 Å². The molecule has 1 amide bonds. The van der Waals surface area contributed by atoms with Crippen molar-refractivity contribution < 1.29 is 22.7 Å². The standard InChI is InChI=1S/C12H12ClF3N2O2/c13-10-6-7(12(14,15)16)5-9(18-10)11(19)17-8-1-3-20-4-2-8/h5-6,8H,1-4H2,(H,17,19). The van der Waals surface area contributed by atoms with E-state index in [0.717, 1.165) is 0 Å². The number of hydrogen-bond acceptors (Lipinski definition) is 3. The molecule has 1 aromatic heterocycles. The normalized spacial score (nSPS) is 17.0. The van der Waals surface area contributed by atoms with Crippen molar-refractivity contribution in [2.75, 3.05) is 13.2 Å². The summed E-state index contributed by atoms with van der Waals surface area (Å²) < 4.78 is 43.0. The molecule has 4 nitrogen and oxygen atoms in total. The van der Waals surface area contributed by atoms with Crippen LogP contribution in [0.2, 0.25) is 5.15 Å². The second-order valence-electron chi connectivity index (χ2n) is 4.42. The zero-order valence-corrected chi connectivity index (χ0v) is 11.1. The summed E-state index contributed by atoms with van der Waals surface area (Å²) >= 11 is 5.53. The Bertz CT molecular complexity index is 502. The number of carbonyl (C=O) groups excluding carboxylic acids is 1. The Labute approximate surface area is 118 Å². The number of ether oxygens (including phenoxy) is 1. The maximum absolute atomic E-state index is 12.6. The van der Waals surface area contributed by atoms with E-state index in [-0.39, 0.29) is 16.9 Å². The number of amides is 1. The number of hydrogen-bond donors (Lipinski definition) is 1. The highest BCUT2D eigenvalue weighted by atomic mass is 35.5. The SMILES string of the molecule is O=C(NC1CCOCC1)c1cc(C(F)(F)F)cc(Cl)n1. The van der Waals surface area contributed by atoms with Crippen molar-refractivity contribution in [2.45, 2.75) is 25.1 Å². The van der Waals surface area contributed by atoms with E-state index in [0.29, 0.717) is 38.2 Å². The summed E-state index contributed by atoms with van der Waals surface area (Å²) in [6.45, 7) is 1.03. The Hall–Kier alpha value is -1.34. The van der Waals surface area contributed by atoms with Crippen LogP contribution >= 0.6 is 11.6 Å². The number of pyridine rings is 1. The fourth-order valence-electron chi connectivity index (χ4n) is 1.88. The summed E-state index contributed by atoms with van der Waals surface area (Å²) in [6.07, 6.45) is -3.32. The molecule has 0 aliphatic carbocycles. The van der Waals surface area contributed by atoms with Gasteiger partial charge in [-0.3, -0.25) is 4.79 Å². The van der Waals surface area contributed by atoms with Crippen LogP contribution in [-0.2, 0) is 10.9 Å². The molecule has 0 unspecified atom stereocenters. The van der Waals surface area contributed by atoms with Crippen LogP contribution in [-0.4, -0.2) is 30.1 Å². The van der Waals surface area contributed by atoms with Gasteiger partial charge in [0, 0.05) is 19.3 Å². The first-order valence-electron chi connectivity index (χ1n) is 5.99. The molecule has 0 aromatic carbocycles. The zero-order chi connectivity index (χ0) is 14.8. The van der Waals surface area contributed by atoms with Crippen molar-refractivity contribution in [3.63, 3.8) is 0 Å². The van der Waals surface area contributed by atoms with E-state index in [2.05, 4.69) is 10.3 Å². The lowest BCUT2D eigenvalue weighted by atomic mass is 10.1. The first-order chi connectivity index (χ1) is 9.36. The second-order valence-corrected chi connectivity index (χ2v) is 4.81. The van der Waals surface area contributed by atoms with Gasteiger partial charge in [-0.15, -0.1) is 0 Å². The Balaban J connectivity index is 2.14. The van der Waals surface area contributed by atoms with Crippen LogP contribution in [0.3, 0.4) is 0 Å². The average molecular weight is 309 g/mol. The molecule has 1 aromatic rings. The lowest BCUT2D eigenvalue weighted by molar-refractivity contribution is -0.137. The molecule has 1 aliphatic rings. The van der Waals surface area contributed by atoms with Crippen LogP contribution in [0.1, 0.15) is 28.9 Å². The van der Waals surface area contributed by atoms with E-state index in [1.807, 2.05) is 0 Å². The third-order valence-electron chi connectivity index (χ3n) is 2.91. The van der Waals surface area contributed by atoms with Crippen molar-refractivity contribution in [1.29, 1.82) is 0 Å². The molecule has 0 atom stereocenters. The molecule has 2 heterocycles. The number of halogens is 4. The quantitative estimate of drug-likeness (QED) is 0.855. The Kier molecular flexibility index (Phi) is 4.49. The molecule has 0 bridgehead atoms. The molecule has 8 heteroatoms. The lowest BCUT2D eigenvalue weighted by Crippen LogP contribution is -2.39. The van der Waals surface area contributed by atoms with Crippen molar-refractivity contribution in [3.8, 4) is 0 Å². The van der Waals surface area contributed by atoms with Crippen molar-refractivity contribution in [2.24, 2.45) is 0 Å². The Morgan fingerprint density at radius 3 is 2.60 bits per heavy atom. The molecule has 0 saturated carbocycles. The van der Waals surface area contributed by atoms with Gasteiger partial charge in [-0.2, -0.15) is 13.2 Å². The van der Waals surface area contributed by atoms with Crippen molar-refractivity contribution in [3.05, 3.63) is 28.5 Å². The van der Waals surface area contributed by atoms with Crippen LogP contribution in [0, 0.1) is 0 Å². The van der Waals surface area contributed by atoms with Gasteiger partial charge >= 0.3 is 6.18 Å². The van der Waals surface area contributed by atoms with Gasteiger partial charge in [-0.25, -0.2) is 4.98 Å². The summed E-state index contributed by atoms with van der Waals surface area (Å²) in [4.78, 5) is 15.5. The van der Waals surface area contributed by atoms with Gasteiger partial charge in [-0.05, 0) is 25.0 Å². The van der Waals surface area contributed by atoms with Crippen LogP contribution in [0.5, 0.6) is 0 Å². The maximum atomic E-state index is 12.6. The number of nitrogens with zero attached hydrogens (tertiary/aromatic N) is 1. The highest BCUT2D eigenvalue weighted by molar-refractivity contribution is 6.29. The summed E-state index contributed by atoms with van der Waals surface area (Å²) in [6, 6.07) is 1.26. The largest absolute Gasteiger partial charge is 0.416 e. The van der Waals surface area contributed by atoms with Gasteiger partial charge in [-0.1, -0.05) is 11.6 Å². The highest BCUT2D eigenvalue weighted by Crippen LogP contribution is 2.30. The summed E-state index contributed by atoms with van der Waals surface area (Å²) in [7, 11) is 0. The number of nitrogens with one attached hydrogen (secondary N) is 1. The topological polar surface area (TPSA) is 51.2 Å². The first-order valence-corrected chi connectivity index (χ1v) is 6.37. The lowest BCUT2D eigenvalue weighted by Gasteiger charge is -2.23. The Morgan fingerprint density at radius 2 is 2.00 bits per heavy atom. The number of carbonyl (C=O) groups is 1. The Morgan fingerprint density at radius 1 is 1.35 bits per heavy atom. The van der Waals surface area contributed by atoms with E-state index in [9.17, 15) is 18.0 Å². The van der Waals surface area contributed by atoms with Crippen LogP contribution < -0.4 is 5.32 Å². The highest BCUT2D eigenvalue weighted by Gasteiger charge is 2.32. The molecule has 1 N–H and O–H groups in total. The number of aromatic nitrogens is 1. The minimum absolute atomic E-state index is 0.119. The minimum atomic E-state index is -4.57. The molecule has 110 valence electrons. The van der Waals surface area contributed by atoms with Gasteiger partial charge in [0.25, 0.3) is 5.91 Å². The van der Waals surface area contributed by atoms with Crippen LogP contribution in [0.4, 0.5) is 13.2 Å². The van der Waals surface area contributed by atoms with E-state index in [4.69, 9.17) is 16.3 Å². The third-order valence-corrected chi connectivity index (χ3v) is 3.10. The second kappa shape index (κ2) is 5.97. The first kappa shape index (κ1) is 15.1. The molecular formula is C12H12ClF3N2O2. The monoisotopic (exact) mass is 308 g/mol. The van der Waals surface area contributed by atoms with Crippen LogP contribution in [0.15, 0.2) is 12.1 Å². The third kappa shape index (κ3) is 3.83. The maximum Gasteiger partial charge on any atom is 0.416 e. The fraction of sp³-hybridized carbons (Fsp3) is 0.500. The van der Waals surface area contributed by atoms with Gasteiger partial charge in [0.1, 0.15) is 10.8 Å². The number of alkyl halides is 3. The molecule has 0 spiro atoms. The molecule has 1 saturated heterocycles. The fourth-order valence-corrected chi connectivity index (χ4v) is 2.09.